The van der Waals surface area contributed by atoms with E-state index in [1.165, 1.54) is 6.07 Å². The molecule has 1 aliphatic rings. The molecule has 0 bridgehead atoms. The normalized spacial score (nSPS) is 18.4. The Balaban J connectivity index is 2.36. The summed E-state index contributed by atoms with van der Waals surface area (Å²) in [5.41, 5.74) is 6.45. The predicted molar refractivity (Wildman–Crippen MR) is 73.2 cm³/mol. The Morgan fingerprint density at radius 2 is 2.11 bits per heavy atom. The molecule has 1 aromatic rings. The molecule has 5 nitrogen and oxygen atoms in total. The second-order valence-corrected chi connectivity index (χ2v) is 4.76. The molecule has 0 aliphatic carbocycles. The second-order valence-electron chi connectivity index (χ2n) is 4.76. The fourth-order valence-electron chi connectivity index (χ4n) is 2.37. The molecule has 0 radical (unpaired) electrons. The van der Waals surface area contributed by atoms with E-state index in [0.29, 0.717) is 5.69 Å². The molecule has 1 fully saturated rings. The van der Waals surface area contributed by atoms with E-state index in [2.05, 4.69) is 22.0 Å². The van der Waals surface area contributed by atoms with Gasteiger partial charge in [-0.3, -0.25) is 0 Å². The van der Waals surface area contributed by atoms with Crippen molar-refractivity contribution in [3.8, 4) is 0 Å². The average molecular weight is 266 g/mol. The highest BCUT2D eigenvalue weighted by molar-refractivity contribution is 6.02. The van der Waals surface area contributed by atoms with Gasteiger partial charge in [0.25, 0.3) is 0 Å². The zero-order chi connectivity index (χ0) is 13.8. The lowest BCUT2D eigenvalue weighted by molar-refractivity contribution is 0.318. The van der Waals surface area contributed by atoms with Crippen LogP contribution in [0.25, 0.3) is 0 Å². The molecule has 19 heavy (non-hydrogen) atoms. The highest BCUT2D eigenvalue weighted by atomic mass is 19.1. The molecule has 0 unspecified atom stereocenters. The molecule has 104 valence electrons. The van der Waals surface area contributed by atoms with E-state index < -0.39 is 5.82 Å². The van der Waals surface area contributed by atoms with Gasteiger partial charge in [0, 0.05) is 19.6 Å². The smallest absolute Gasteiger partial charge is 0.175 e. The molecule has 1 aliphatic heterocycles. The summed E-state index contributed by atoms with van der Waals surface area (Å²) in [6.07, 6.45) is 1.00. The van der Waals surface area contributed by atoms with Crippen molar-refractivity contribution in [1.82, 2.24) is 4.90 Å². The van der Waals surface area contributed by atoms with Crippen LogP contribution >= 0.6 is 0 Å². The molecule has 3 N–H and O–H groups in total. The fraction of sp³-hybridized carbons (Fsp3) is 0.462. The summed E-state index contributed by atoms with van der Waals surface area (Å²) in [4.78, 5) is 4.32. The molecule has 0 saturated carbocycles. The van der Waals surface area contributed by atoms with E-state index >= 15 is 0 Å². The SMILES string of the molecule is CN1CCCN(c2cccc(F)c2C(N)=NO)CC1. The fourth-order valence-corrected chi connectivity index (χ4v) is 2.37. The number of halogens is 1. The van der Waals surface area contributed by atoms with E-state index in [4.69, 9.17) is 10.9 Å². The van der Waals surface area contributed by atoms with Crippen molar-refractivity contribution in [3.63, 3.8) is 0 Å². The summed E-state index contributed by atoms with van der Waals surface area (Å²) < 4.78 is 13.9. The number of hydrogen-bond donors (Lipinski definition) is 2. The van der Waals surface area contributed by atoms with Crippen molar-refractivity contribution in [2.75, 3.05) is 38.1 Å². The van der Waals surface area contributed by atoms with Crippen molar-refractivity contribution in [3.05, 3.63) is 29.6 Å². The second kappa shape index (κ2) is 5.88. The molecule has 1 saturated heterocycles. The van der Waals surface area contributed by atoms with E-state index in [0.717, 1.165) is 32.6 Å². The quantitative estimate of drug-likeness (QED) is 0.364. The Morgan fingerprint density at radius 1 is 1.32 bits per heavy atom. The highest BCUT2D eigenvalue weighted by Crippen LogP contribution is 2.24. The molecule has 1 aromatic carbocycles. The minimum atomic E-state index is -0.467. The third kappa shape index (κ3) is 2.96. The maximum absolute atomic E-state index is 13.9. The van der Waals surface area contributed by atoms with Gasteiger partial charge >= 0.3 is 0 Å². The van der Waals surface area contributed by atoms with E-state index in [-0.39, 0.29) is 11.4 Å². The van der Waals surface area contributed by atoms with Gasteiger partial charge in [0.2, 0.25) is 0 Å². The van der Waals surface area contributed by atoms with Crippen molar-refractivity contribution in [1.29, 1.82) is 0 Å². The maximum atomic E-state index is 13.9. The lowest BCUT2D eigenvalue weighted by Crippen LogP contribution is -2.31. The summed E-state index contributed by atoms with van der Waals surface area (Å²) in [6, 6.07) is 4.77. The van der Waals surface area contributed by atoms with Gasteiger partial charge in [-0.2, -0.15) is 0 Å². The zero-order valence-electron chi connectivity index (χ0n) is 11.0. The molecular formula is C13H19FN4O. The Bertz CT molecular complexity index is 478. The summed E-state index contributed by atoms with van der Waals surface area (Å²) in [7, 11) is 2.07. The number of amidine groups is 1. The Labute approximate surface area is 112 Å². The van der Waals surface area contributed by atoms with Crippen LogP contribution in [-0.4, -0.2) is 49.2 Å². The molecule has 0 atom stereocenters. The topological polar surface area (TPSA) is 65.1 Å². The van der Waals surface area contributed by atoms with Crippen molar-refractivity contribution in [2.45, 2.75) is 6.42 Å². The highest BCUT2D eigenvalue weighted by Gasteiger charge is 2.19. The maximum Gasteiger partial charge on any atom is 0.175 e. The standard InChI is InChI=1S/C13H19FN4O/c1-17-6-3-7-18(9-8-17)11-5-2-4-10(14)12(11)13(15)16-19/h2,4-5,19H,3,6-9H2,1H3,(H2,15,16). The summed E-state index contributed by atoms with van der Waals surface area (Å²) >= 11 is 0. The number of benzene rings is 1. The van der Waals surface area contributed by atoms with Crippen LogP contribution < -0.4 is 10.6 Å². The third-order valence-electron chi connectivity index (χ3n) is 3.42. The van der Waals surface area contributed by atoms with Crippen LogP contribution in [0.3, 0.4) is 0 Å². The Morgan fingerprint density at radius 3 is 2.84 bits per heavy atom. The van der Waals surface area contributed by atoms with E-state index in [9.17, 15) is 4.39 Å². The minimum absolute atomic E-state index is 0.176. The molecule has 6 heteroatoms. The van der Waals surface area contributed by atoms with Crippen LogP contribution in [0.4, 0.5) is 10.1 Å². The van der Waals surface area contributed by atoms with Crippen LogP contribution in [0.1, 0.15) is 12.0 Å². The number of rotatable bonds is 2. The molecular weight excluding hydrogens is 247 g/mol. The van der Waals surface area contributed by atoms with Gasteiger partial charge in [-0.1, -0.05) is 11.2 Å². The summed E-state index contributed by atoms with van der Waals surface area (Å²) in [5.74, 6) is -0.656. The number of likely N-dealkylation sites (N-methyl/N-ethyl adjacent to an activating group) is 1. The first-order valence-corrected chi connectivity index (χ1v) is 6.33. The summed E-state index contributed by atoms with van der Waals surface area (Å²) in [5, 5.41) is 11.7. The van der Waals surface area contributed by atoms with Crippen LogP contribution in [0.15, 0.2) is 23.4 Å². The summed E-state index contributed by atoms with van der Waals surface area (Å²) in [6.45, 7) is 3.56. The van der Waals surface area contributed by atoms with Gasteiger partial charge in [0.1, 0.15) is 5.82 Å². The molecule has 0 amide bonds. The number of nitrogens with zero attached hydrogens (tertiary/aromatic N) is 3. The predicted octanol–water partition coefficient (Wildman–Crippen LogP) is 1.06. The van der Waals surface area contributed by atoms with Gasteiger partial charge in [0.15, 0.2) is 5.84 Å². The number of hydrogen-bond acceptors (Lipinski definition) is 4. The number of anilines is 1. The van der Waals surface area contributed by atoms with Crippen molar-refractivity contribution < 1.29 is 9.60 Å². The van der Waals surface area contributed by atoms with Gasteiger partial charge in [-0.15, -0.1) is 0 Å². The first-order chi connectivity index (χ1) is 9.13. The molecule has 2 rings (SSSR count). The lowest BCUT2D eigenvalue weighted by Gasteiger charge is -2.25. The van der Waals surface area contributed by atoms with E-state index in [1.807, 2.05) is 6.07 Å². The minimum Gasteiger partial charge on any atom is -0.409 e. The first-order valence-electron chi connectivity index (χ1n) is 6.33. The van der Waals surface area contributed by atoms with Crippen molar-refractivity contribution in [2.24, 2.45) is 10.9 Å². The average Bonchev–Trinajstić information content (AvgIpc) is 2.62. The van der Waals surface area contributed by atoms with Gasteiger partial charge < -0.3 is 20.7 Å². The zero-order valence-corrected chi connectivity index (χ0v) is 11.0. The first kappa shape index (κ1) is 13.6. The monoisotopic (exact) mass is 266 g/mol. The van der Waals surface area contributed by atoms with E-state index in [1.54, 1.807) is 6.07 Å². The van der Waals surface area contributed by atoms with Gasteiger partial charge in [0.05, 0.1) is 11.3 Å². The van der Waals surface area contributed by atoms with Crippen LogP contribution in [0, 0.1) is 5.82 Å². The third-order valence-corrected chi connectivity index (χ3v) is 3.42. The van der Waals surface area contributed by atoms with Crippen LogP contribution in [0.2, 0.25) is 0 Å². The van der Waals surface area contributed by atoms with Gasteiger partial charge in [-0.25, -0.2) is 4.39 Å². The van der Waals surface area contributed by atoms with Crippen molar-refractivity contribution >= 4 is 11.5 Å². The van der Waals surface area contributed by atoms with Crippen LogP contribution in [-0.2, 0) is 0 Å². The lowest BCUT2D eigenvalue weighted by atomic mass is 10.1. The largest absolute Gasteiger partial charge is 0.409 e. The molecule has 0 aromatic heterocycles. The molecule has 1 heterocycles. The number of oxime groups is 1. The van der Waals surface area contributed by atoms with Crippen LogP contribution in [0.5, 0.6) is 0 Å². The molecule has 0 spiro atoms. The number of nitrogens with two attached hydrogens (primary N) is 1. The Hall–Kier alpha value is -1.82. The Kier molecular flexibility index (Phi) is 4.21. The van der Waals surface area contributed by atoms with Gasteiger partial charge in [-0.05, 0) is 32.1 Å².